The molecule has 0 aromatic rings. The standard InChI is InChI=1S/C14H28N4O/c1-15(2)8-9-16-10-12-18(13-11-16)14(19)17-6-4-3-5-7-17/h3-13H2,1-2H3. The average molecular weight is 268 g/mol. The van der Waals surface area contributed by atoms with Crippen LogP contribution >= 0.6 is 0 Å². The Bertz CT molecular complexity index is 281. The highest BCUT2D eigenvalue weighted by atomic mass is 16.2. The summed E-state index contributed by atoms with van der Waals surface area (Å²) in [5.41, 5.74) is 0. The van der Waals surface area contributed by atoms with Crippen LogP contribution < -0.4 is 0 Å². The van der Waals surface area contributed by atoms with Crippen LogP contribution in [0.25, 0.3) is 0 Å². The Morgan fingerprint density at radius 1 is 0.895 bits per heavy atom. The molecule has 2 amide bonds. The lowest BCUT2D eigenvalue weighted by Crippen LogP contribution is -2.54. The van der Waals surface area contributed by atoms with Gasteiger partial charge in [-0.05, 0) is 33.4 Å². The largest absolute Gasteiger partial charge is 0.325 e. The normalized spacial score (nSPS) is 22.1. The average Bonchev–Trinajstić information content (AvgIpc) is 2.46. The van der Waals surface area contributed by atoms with E-state index in [1.54, 1.807) is 0 Å². The van der Waals surface area contributed by atoms with Crippen molar-refractivity contribution in [2.75, 3.05) is 66.5 Å². The molecule has 2 aliphatic rings. The van der Waals surface area contributed by atoms with E-state index < -0.39 is 0 Å². The molecule has 110 valence electrons. The van der Waals surface area contributed by atoms with Crippen molar-refractivity contribution in [2.24, 2.45) is 0 Å². The molecule has 0 atom stereocenters. The number of likely N-dealkylation sites (tertiary alicyclic amines) is 1. The molecule has 19 heavy (non-hydrogen) atoms. The molecular formula is C14H28N4O. The highest BCUT2D eigenvalue weighted by Gasteiger charge is 2.25. The summed E-state index contributed by atoms with van der Waals surface area (Å²) < 4.78 is 0. The van der Waals surface area contributed by atoms with Gasteiger partial charge in [-0.25, -0.2) is 4.79 Å². The van der Waals surface area contributed by atoms with Crippen molar-refractivity contribution >= 4 is 6.03 Å². The lowest BCUT2D eigenvalue weighted by Gasteiger charge is -2.38. The van der Waals surface area contributed by atoms with Crippen LogP contribution in [0.4, 0.5) is 4.79 Å². The molecule has 0 spiro atoms. The summed E-state index contributed by atoms with van der Waals surface area (Å²) in [7, 11) is 4.21. The van der Waals surface area contributed by atoms with E-state index >= 15 is 0 Å². The van der Waals surface area contributed by atoms with Gasteiger partial charge >= 0.3 is 6.03 Å². The van der Waals surface area contributed by atoms with E-state index in [-0.39, 0.29) is 6.03 Å². The molecule has 0 aromatic heterocycles. The monoisotopic (exact) mass is 268 g/mol. The third kappa shape index (κ3) is 4.35. The Morgan fingerprint density at radius 3 is 2.05 bits per heavy atom. The molecule has 0 saturated carbocycles. The maximum absolute atomic E-state index is 12.4. The van der Waals surface area contributed by atoms with Crippen molar-refractivity contribution in [1.82, 2.24) is 19.6 Å². The summed E-state index contributed by atoms with van der Waals surface area (Å²) >= 11 is 0. The molecule has 0 aromatic carbocycles. The molecule has 2 fully saturated rings. The first-order chi connectivity index (χ1) is 9.16. The summed E-state index contributed by atoms with van der Waals surface area (Å²) in [5, 5.41) is 0. The van der Waals surface area contributed by atoms with E-state index in [1.807, 2.05) is 9.80 Å². The highest BCUT2D eigenvalue weighted by Crippen LogP contribution is 2.12. The SMILES string of the molecule is CN(C)CCN1CCN(C(=O)N2CCCCC2)CC1. The van der Waals surface area contributed by atoms with Crippen molar-refractivity contribution in [2.45, 2.75) is 19.3 Å². The summed E-state index contributed by atoms with van der Waals surface area (Å²) in [6.07, 6.45) is 3.63. The highest BCUT2D eigenvalue weighted by molar-refractivity contribution is 5.74. The molecule has 5 heteroatoms. The number of amides is 2. The summed E-state index contributed by atoms with van der Waals surface area (Å²) in [5.74, 6) is 0. The molecule has 2 aliphatic heterocycles. The lowest BCUT2D eigenvalue weighted by atomic mass is 10.1. The van der Waals surface area contributed by atoms with Gasteiger partial charge in [0.1, 0.15) is 0 Å². The van der Waals surface area contributed by atoms with Gasteiger partial charge in [-0.2, -0.15) is 0 Å². The van der Waals surface area contributed by atoms with Crippen LogP contribution in [-0.2, 0) is 0 Å². The van der Waals surface area contributed by atoms with Crippen molar-refractivity contribution in [1.29, 1.82) is 0 Å². The van der Waals surface area contributed by atoms with E-state index in [9.17, 15) is 4.79 Å². The fourth-order valence-electron chi connectivity index (χ4n) is 2.79. The van der Waals surface area contributed by atoms with Gasteiger partial charge < -0.3 is 14.7 Å². The summed E-state index contributed by atoms with van der Waals surface area (Å²) in [6, 6.07) is 0.270. The molecule has 2 saturated heterocycles. The molecule has 0 aliphatic carbocycles. The third-order valence-corrected chi connectivity index (χ3v) is 4.13. The minimum absolute atomic E-state index is 0.270. The van der Waals surface area contributed by atoms with Gasteiger partial charge in [-0.15, -0.1) is 0 Å². The van der Waals surface area contributed by atoms with Crippen LogP contribution in [0.1, 0.15) is 19.3 Å². The second-order valence-electron chi connectivity index (χ2n) is 5.96. The molecule has 2 heterocycles. The van der Waals surface area contributed by atoms with Gasteiger partial charge in [-0.3, -0.25) is 4.90 Å². The number of piperazine rings is 1. The third-order valence-electron chi connectivity index (χ3n) is 4.13. The lowest BCUT2D eigenvalue weighted by molar-refractivity contribution is 0.104. The predicted molar refractivity (Wildman–Crippen MR) is 77.4 cm³/mol. The van der Waals surface area contributed by atoms with Crippen LogP contribution in [0.5, 0.6) is 0 Å². The second-order valence-corrected chi connectivity index (χ2v) is 5.96. The van der Waals surface area contributed by atoms with Crippen LogP contribution in [0.15, 0.2) is 0 Å². The summed E-state index contributed by atoms with van der Waals surface area (Å²) in [6.45, 7) is 7.95. The second kappa shape index (κ2) is 7.10. The molecule has 0 unspecified atom stereocenters. The quantitative estimate of drug-likeness (QED) is 0.757. The minimum atomic E-state index is 0.270. The molecule has 0 radical (unpaired) electrons. The first kappa shape index (κ1) is 14.6. The number of rotatable bonds is 3. The maximum atomic E-state index is 12.4. The maximum Gasteiger partial charge on any atom is 0.320 e. The first-order valence-corrected chi connectivity index (χ1v) is 7.58. The number of hydrogen-bond acceptors (Lipinski definition) is 3. The topological polar surface area (TPSA) is 30.0 Å². The molecule has 0 N–H and O–H groups in total. The molecular weight excluding hydrogens is 240 g/mol. The van der Waals surface area contributed by atoms with Crippen LogP contribution in [0, 0.1) is 0 Å². The van der Waals surface area contributed by atoms with Gasteiger partial charge in [0.05, 0.1) is 0 Å². The Hall–Kier alpha value is -0.810. The number of piperidine rings is 1. The number of hydrogen-bond donors (Lipinski definition) is 0. The van der Waals surface area contributed by atoms with Gasteiger partial charge in [0.2, 0.25) is 0 Å². The minimum Gasteiger partial charge on any atom is -0.325 e. The van der Waals surface area contributed by atoms with Crippen LogP contribution in [0.2, 0.25) is 0 Å². The number of urea groups is 1. The van der Waals surface area contributed by atoms with Crippen molar-refractivity contribution < 1.29 is 4.79 Å². The molecule has 2 rings (SSSR count). The van der Waals surface area contributed by atoms with E-state index in [2.05, 4.69) is 23.9 Å². The van der Waals surface area contributed by atoms with Gasteiger partial charge in [0, 0.05) is 52.4 Å². The number of likely N-dealkylation sites (N-methyl/N-ethyl adjacent to an activating group) is 1. The zero-order valence-corrected chi connectivity index (χ0v) is 12.5. The zero-order valence-electron chi connectivity index (χ0n) is 12.5. The Kier molecular flexibility index (Phi) is 5.45. The van der Waals surface area contributed by atoms with E-state index in [0.29, 0.717) is 0 Å². The van der Waals surface area contributed by atoms with E-state index in [4.69, 9.17) is 0 Å². The molecule has 0 bridgehead atoms. The van der Waals surface area contributed by atoms with Crippen molar-refractivity contribution in [3.8, 4) is 0 Å². The summed E-state index contributed by atoms with van der Waals surface area (Å²) in [4.78, 5) is 21.1. The van der Waals surface area contributed by atoms with Gasteiger partial charge in [0.25, 0.3) is 0 Å². The molecule has 5 nitrogen and oxygen atoms in total. The van der Waals surface area contributed by atoms with Gasteiger partial charge in [-0.1, -0.05) is 0 Å². The number of carbonyl (C=O) groups is 1. The number of nitrogens with zero attached hydrogens (tertiary/aromatic N) is 4. The fraction of sp³-hybridized carbons (Fsp3) is 0.929. The smallest absolute Gasteiger partial charge is 0.320 e. The van der Waals surface area contributed by atoms with Crippen molar-refractivity contribution in [3.63, 3.8) is 0 Å². The first-order valence-electron chi connectivity index (χ1n) is 7.58. The number of carbonyl (C=O) groups excluding carboxylic acids is 1. The van der Waals surface area contributed by atoms with Gasteiger partial charge in [0.15, 0.2) is 0 Å². The van der Waals surface area contributed by atoms with E-state index in [0.717, 1.165) is 52.4 Å². The predicted octanol–water partition coefficient (Wildman–Crippen LogP) is 0.772. The Morgan fingerprint density at radius 2 is 1.47 bits per heavy atom. The Balaban J connectivity index is 1.71. The zero-order chi connectivity index (χ0) is 13.7. The van der Waals surface area contributed by atoms with Crippen LogP contribution in [-0.4, -0.2) is 92.1 Å². The fourth-order valence-corrected chi connectivity index (χ4v) is 2.79. The Labute approximate surface area is 117 Å². The van der Waals surface area contributed by atoms with Crippen molar-refractivity contribution in [3.05, 3.63) is 0 Å². The van der Waals surface area contributed by atoms with Crippen LogP contribution in [0.3, 0.4) is 0 Å². The van der Waals surface area contributed by atoms with E-state index in [1.165, 1.54) is 19.3 Å².